The van der Waals surface area contributed by atoms with Gasteiger partial charge >= 0.3 is 0 Å². The van der Waals surface area contributed by atoms with Crippen molar-refractivity contribution >= 4 is 39.9 Å². The number of hydrogen-bond acceptors (Lipinski definition) is 6. The molecule has 180 valence electrons. The van der Waals surface area contributed by atoms with Crippen LogP contribution in [-0.2, 0) is 11.2 Å². The first kappa shape index (κ1) is 24.4. The highest BCUT2D eigenvalue weighted by Gasteiger charge is 2.24. The molecule has 0 radical (unpaired) electrons. The first-order valence-electron chi connectivity index (χ1n) is 11.5. The van der Waals surface area contributed by atoms with Crippen LogP contribution in [0.3, 0.4) is 0 Å². The Balaban J connectivity index is 1.31. The maximum Gasteiger partial charge on any atom is 0.224 e. The van der Waals surface area contributed by atoms with Gasteiger partial charge in [0.2, 0.25) is 11.0 Å². The van der Waals surface area contributed by atoms with Crippen LogP contribution in [0.5, 0.6) is 0 Å². The van der Waals surface area contributed by atoms with Crippen molar-refractivity contribution in [3.8, 4) is 0 Å². The molecule has 6 nitrogen and oxygen atoms in total. The molecule has 9 heteroatoms. The van der Waals surface area contributed by atoms with Crippen molar-refractivity contribution in [2.24, 2.45) is 0 Å². The molecule has 0 spiro atoms. The standard InChI is InChI=1S/C25H29ClFN5OS/c1-18(2)32(25-28-23(29-34-25)17-19-7-9-20(27)10-8-19)12-11-24(33)31-15-13-30(14-16-31)22-6-4-3-5-21(22)26/h3-10,18H,11-17H2,1-2H3. The number of carbonyl (C=O) groups is 1. The number of rotatable bonds is 8. The predicted octanol–water partition coefficient (Wildman–Crippen LogP) is 4.88. The summed E-state index contributed by atoms with van der Waals surface area (Å²) in [7, 11) is 0. The fourth-order valence-corrected chi connectivity index (χ4v) is 5.17. The van der Waals surface area contributed by atoms with E-state index >= 15 is 0 Å². The third kappa shape index (κ3) is 6.04. The second-order valence-corrected chi connectivity index (χ2v) is 9.79. The summed E-state index contributed by atoms with van der Waals surface area (Å²) in [5.41, 5.74) is 1.99. The lowest BCUT2D eigenvalue weighted by atomic mass is 10.1. The maximum atomic E-state index is 13.1. The van der Waals surface area contributed by atoms with Gasteiger partial charge < -0.3 is 14.7 Å². The van der Waals surface area contributed by atoms with Crippen LogP contribution in [-0.4, -0.2) is 58.9 Å². The minimum Gasteiger partial charge on any atom is -0.367 e. The van der Waals surface area contributed by atoms with Crippen molar-refractivity contribution in [1.29, 1.82) is 0 Å². The third-order valence-electron chi connectivity index (χ3n) is 5.99. The number of piperazine rings is 1. The second-order valence-electron chi connectivity index (χ2n) is 8.65. The molecule has 34 heavy (non-hydrogen) atoms. The molecule has 1 saturated heterocycles. The summed E-state index contributed by atoms with van der Waals surface area (Å²) in [5, 5.41) is 1.55. The molecule has 1 aliphatic rings. The smallest absolute Gasteiger partial charge is 0.224 e. The zero-order chi connectivity index (χ0) is 24.1. The number of anilines is 2. The lowest BCUT2D eigenvalue weighted by Crippen LogP contribution is -2.49. The number of hydrogen-bond donors (Lipinski definition) is 0. The molecular formula is C25H29ClFN5OS. The van der Waals surface area contributed by atoms with Crippen molar-refractivity contribution in [2.75, 3.05) is 42.5 Å². The van der Waals surface area contributed by atoms with Crippen molar-refractivity contribution in [2.45, 2.75) is 32.7 Å². The minimum atomic E-state index is -0.253. The zero-order valence-corrected chi connectivity index (χ0v) is 21.0. The van der Waals surface area contributed by atoms with E-state index in [1.54, 1.807) is 12.1 Å². The lowest BCUT2D eigenvalue weighted by molar-refractivity contribution is -0.131. The number of carbonyl (C=O) groups excluding carboxylic acids is 1. The Morgan fingerprint density at radius 1 is 1.12 bits per heavy atom. The summed E-state index contributed by atoms with van der Waals surface area (Å²) in [6.45, 7) is 7.69. The van der Waals surface area contributed by atoms with Gasteiger partial charge in [0.05, 0.1) is 10.7 Å². The van der Waals surface area contributed by atoms with Gasteiger partial charge in [0.1, 0.15) is 11.6 Å². The van der Waals surface area contributed by atoms with Crippen LogP contribution in [0.4, 0.5) is 15.2 Å². The molecule has 0 bridgehead atoms. The van der Waals surface area contributed by atoms with Crippen LogP contribution >= 0.6 is 23.1 Å². The Labute approximate surface area is 209 Å². The number of benzene rings is 2. The minimum absolute atomic E-state index is 0.153. The van der Waals surface area contributed by atoms with Gasteiger partial charge in [-0.2, -0.15) is 4.37 Å². The van der Waals surface area contributed by atoms with Gasteiger partial charge in [0, 0.05) is 63.1 Å². The molecular weight excluding hydrogens is 473 g/mol. The van der Waals surface area contributed by atoms with E-state index < -0.39 is 0 Å². The molecule has 2 aromatic carbocycles. The van der Waals surface area contributed by atoms with E-state index in [1.807, 2.05) is 29.2 Å². The van der Waals surface area contributed by atoms with Crippen LogP contribution < -0.4 is 9.80 Å². The summed E-state index contributed by atoms with van der Waals surface area (Å²) < 4.78 is 17.6. The fraction of sp³-hybridized carbons (Fsp3) is 0.400. The summed E-state index contributed by atoms with van der Waals surface area (Å²) in [6, 6.07) is 14.4. The molecule has 0 atom stereocenters. The van der Waals surface area contributed by atoms with E-state index in [0.29, 0.717) is 38.3 Å². The van der Waals surface area contributed by atoms with E-state index in [1.165, 1.54) is 23.7 Å². The van der Waals surface area contributed by atoms with Crippen LogP contribution in [0.15, 0.2) is 48.5 Å². The molecule has 0 aliphatic carbocycles. The van der Waals surface area contributed by atoms with Crippen molar-refractivity contribution in [3.05, 3.63) is 70.8 Å². The fourth-order valence-electron chi connectivity index (χ4n) is 4.07. The molecule has 1 aromatic heterocycles. The van der Waals surface area contributed by atoms with E-state index in [2.05, 4.69) is 33.0 Å². The van der Waals surface area contributed by atoms with E-state index in [4.69, 9.17) is 11.6 Å². The number of amides is 1. The van der Waals surface area contributed by atoms with Gasteiger partial charge in [-0.3, -0.25) is 4.79 Å². The molecule has 0 saturated carbocycles. The van der Waals surface area contributed by atoms with Gasteiger partial charge in [-0.15, -0.1) is 0 Å². The maximum absolute atomic E-state index is 13.1. The third-order valence-corrected chi connectivity index (χ3v) is 7.10. The average molecular weight is 502 g/mol. The summed E-state index contributed by atoms with van der Waals surface area (Å²) >= 11 is 7.67. The number of halogens is 2. The number of aromatic nitrogens is 2. The summed E-state index contributed by atoms with van der Waals surface area (Å²) in [4.78, 5) is 23.9. The molecule has 0 N–H and O–H groups in total. The highest BCUT2D eigenvalue weighted by Crippen LogP contribution is 2.26. The van der Waals surface area contributed by atoms with Gasteiger partial charge in [0.25, 0.3) is 0 Å². The van der Waals surface area contributed by atoms with Crippen LogP contribution in [0.2, 0.25) is 5.02 Å². The van der Waals surface area contributed by atoms with Gasteiger partial charge in [-0.25, -0.2) is 9.37 Å². The van der Waals surface area contributed by atoms with Crippen molar-refractivity contribution < 1.29 is 9.18 Å². The van der Waals surface area contributed by atoms with Crippen LogP contribution in [0.1, 0.15) is 31.7 Å². The Bertz CT molecular complexity index is 1100. The molecule has 2 heterocycles. The van der Waals surface area contributed by atoms with Gasteiger partial charge in [-0.05, 0) is 43.7 Å². The quantitative estimate of drug-likeness (QED) is 0.440. The topological polar surface area (TPSA) is 52.6 Å². The Kier molecular flexibility index (Phi) is 8.00. The Morgan fingerprint density at radius 3 is 2.50 bits per heavy atom. The molecule has 1 aliphatic heterocycles. The monoisotopic (exact) mass is 501 g/mol. The number of para-hydroxylation sites is 1. The predicted molar refractivity (Wildman–Crippen MR) is 136 cm³/mol. The lowest BCUT2D eigenvalue weighted by Gasteiger charge is -2.37. The highest BCUT2D eigenvalue weighted by molar-refractivity contribution is 7.09. The molecule has 0 unspecified atom stereocenters. The average Bonchev–Trinajstić information content (AvgIpc) is 3.29. The molecule has 3 aromatic rings. The normalized spacial score (nSPS) is 14.0. The first-order valence-corrected chi connectivity index (χ1v) is 12.7. The highest BCUT2D eigenvalue weighted by atomic mass is 35.5. The first-order chi connectivity index (χ1) is 16.4. The van der Waals surface area contributed by atoms with Crippen molar-refractivity contribution in [1.82, 2.24) is 14.3 Å². The van der Waals surface area contributed by atoms with Crippen molar-refractivity contribution in [3.63, 3.8) is 0 Å². The summed E-state index contributed by atoms with van der Waals surface area (Å²) in [5.74, 6) is 0.608. The van der Waals surface area contributed by atoms with E-state index in [-0.39, 0.29) is 17.8 Å². The zero-order valence-electron chi connectivity index (χ0n) is 19.5. The van der Waals surface area contributed by atoms with E-state index in [9.17, 15) is 9.18 Å². The molecule has 1 fully saturated rings. The second kappa shape index (κ2) is 11.1. The molecule has 1 amide bonds. The number of nitrogens with zero attached hydrogens (tertiary/aromatic N) is 5. The van der Waals surface area contributed by atoms with Gasteiger partial charge in [0.15, 0.2) is 0 Å². The van der Waals surface area contributed by atoms with Gasteiger partial charge in [-0.1, -0.05) is 35.9 Å². The summed E-state index contributed by atoms with van der Waals surface area (Å²) in [6.07, 6.45) is 0.981. The largest absolute Gasteiger partial charge is 0.367 e. The molecule has 4 rings (SSSR count). The Morgan fingerprint density at radius 2 is 1.82 bits per heavy atom. The van der Waals surface area contributed by atoms with E-state index in [0.717, 1.165) is 34.5 Å². The SMILES string of the molecule is CC(C)N(CCC(=O)N1CCN(c2ccccc2Cl)CC1)c1nc(Cc2ccc(F)cc2)ns1. The van der Waals surface area contributed by atoms with Crippen LogP contribution in [0.25, 0.3) is 0 Å². The van der Waals surface area contributed by atoms with Crippen LogP contribution in [0, 0.1) is 5.82 Å². The Hall–Kier alpha value is -2.71.